The number of methoxy groups -OCH3 is 1. The van der Waals surface area contributed by atoms with E-state index in [9.17, 15) is 9.59 Å². The van der Waals surface area contributed by atoms with Gasteiger partial charge in [0.1, 0.15) is 5.57 Å². The van der Waals surface area contributed by atoms with E-state index < -0.39 is 30.0 Å². The summed E-state index contributed by atoms with van der Waals surface area (Å²) in [7, 11) is 1.11. The second-order valence-corrected chi connectivity index (χ2v) is 3.54. The molecular formula is C13H12O4. The van der Waals surface area contributed by atoms with Crippen molar-refractivity contribution in [3.05, 3.63) is 47.5 Å². The monoisotopic (exact) mass is 235 g/mol. The molecule has 0 amide bonds. The minimum atomic E-state index is -2.65. The highest BCUT2D eigenvalue weighted by Crippen LogP contribution is 2.34. The fourth-order valence-electron chi connectivity index (χ4n) is 1.57. The van der Waals surface area contributed by atoms with Gasteiger partial charge in [0.25, 0.3) is 0 Å². The maximum atomic E-state index is 11.8. The van der Waals surface area contributed by atoms with Gasteiger partial charge in [-0.1, -0.05) is 30.3 Å². The summed E-state index contributed by atoms with van der Waals surface area (Å²) >= 11 is 0. The van der Waals surface area contributed by atoms with Crippen molar-refractivity contribution in [2.24, 2.45) is 0 Å². The molecule has 88 valence electrons. The third kappa shape index (κ3) is 1.93. The van der Waals surface area contributed by atoms with Crippen molar-refractivity contribution in [2.75, 3.05) is 7.11 Å². The fourth-order valence-corrected chi connectivity index (χ4v) is 1.57. The van der Waals surface area contributed by atoms with Gasteiger partial charge >= 0.3 is 11.9 Å². The lowest BCUT2D eigenvalue weighted by Gasteiger charge is -2.21. The number of rotatable bonds is 2. The molecule has 0 fully saturated rings. The topological polar surface area (TPSA) is 52.6 Å². The molecule has 1 unspecified atom stereocenters. The minimum Gasteiger partial charge on any atom is -0.465 e. The van der Waals surface area contributed by atoms with E-state index in [1.165, 1.54) is 12.1 Å². The van der Waals surface area contributed by atoms with Crippen molar-refractivity contribution in [3.8, 4) is 0 Å². The molecule has 1 aliphatic heterocycles. The summed E-state index contributed by atoms with van der Waals surface area (Å²) < 4.78 is 32.5. The summed E-state index contributed by atoms with van der Waals surface area (Å²) in [6.07, 6.45) is 1.02. The van der Waals surface area contributed by atoms with Crippen molar-refractivity contribution in [3.63, 3.8) is 0 Å². The molecule has 0 radical (unpaired) electrons. The molecule has 1 atom stereocenters. The highest BCUT2D eigenvalue weighted by Gasteiger charge is 2.40. The molecule has 0 aromatic heterocycles. The summed E-state index contributed by atoms with van der Waals surface area (Å²) in [5, 5.41) is 0. The summed E-state index contributed by atoms with van der Waals surface area (Å²) in [6, 6.07) is 8.01. The molecule has 0 saturated heterocycles. The van der Waals surface area contributed by atoms with Crippen LogP contribution in [0.5, 0.6) is 0 Å². The molecule has 1 heterocycles. The van der Waals surface area contributed by atoms with E-state index in [1.807, 2.05) is 0 Å². The van der Waals surface area contributed by atoms with Gasteiger partial charge in [-0.3, -0.25) is 0 Å². The largest absolute Gasteiger partial charge is 0.465 e. The van der Waals surface area contributed by atoms with Gasteiger partial charge in [-0.15, -0.1) is 0 Å². The van der Waals surface area contributed by atoms with Crippen LogP contribution in [0, 0.1) is 0 Å². The van der Waals surface area contributed by atoms with Crippen molar-refractivity contribution < 1.29 is 23.2 Å². The van der Waals surface area contributed by atoms with E-state index in [0.717, 1.165) is 13.2 Å². The lowest BCUT2D eigenvalue weighted by Crippen LogP contribution is -2.21. The van der Waals surface area contributed by atoms with Crippen molar-refractivity contribution >= 4 is 11.9 Å². The Hall–Kier alpha value is -2.10. The van der Waals surface area contributed by atoms with Gasteiger partial charge in [0.2, 0.25) is 0 Å². The Morgan fingerprint density at radius 1 is 1.41 bits per heavy atom. The van der Waals surface area contributed by atoms with Crippen molar-refractivity contribution in [1.82, 2.24) is 0 Å². The predicted molar refractivity (Wildman–Crippen MR) is 60.0 cm³/mol. The summed E-state index contributed by atoms with van der Waals surface area (Å²) in [5.74, 6) is -1.92. The van der Waals surface area contributed by atoms with Gasteiger partial charge < -0.3 is 9.47 Å². The van der Waals surface area contributed by atoms with E-state index in [4.69, 9.17) is 8.85 Å². The SMILES string of the molecule is [2H]C([2H])([2H])C1(c2ccccc2)C=C(C(=O)OC)C(=O)O1. The van der Waals surface area contributed by atoms with Crippen LogP contribution in [0.25, 0.3) is 0 Å². The Balaban J connectivity index is 2.61. The van der Waals surface area contributed by atoms with E-state index in [1.54, 1.807) is 18.2 Å². The van der Waals surface area contributed by atoms with E-state index in [0.29, 0.717) is 0 Å². The van der Waals surface area contributed by atoms with Crippen LogP contribution < -0.4 is 0 Å². The first-order chi connectivity index (χ1) is 9.32. The van der Waals surface area contributed by atoms with Gasteiger partial charge in [0, 0.05) is 4.11 Å². The minimum absolute atomic E-state index is 0.271. The Morgan fingerprint density at radius 2 is 2.12 bits per heavy atom. The zero-order valence-electron chi connectivity index (χ0n) is 12.1. The second kappa shape index (κ2) is 4.05. The maximum absolute atomic E-state index is 11.8. The van der Waals surface area contributed by atoms with Crippen LogP contribution in [-0.4, -0.2) is 19.0 Å². The van der Waals surface area contributed by atoms with Gasteiger partial charge in [-0.25, -0.2) is 9.59 Å². The lowest BCUT2D eigenvalue weighted by molar-refractivity contribution is -0.149. The summed E-state index contributed by atoms with van der Waals surface area (Å²) in [4.78, 5) is 23.3. The van der Waals surface area contributed by atoms with Crippen LogP contribution in [0.3, 0.4) is 0 Å². The molecule has 1 aromatic rings. The third-order valence-electron chi connectivity index (χ3n) is 2.43. The molecule has 0 N–H and O–H groups in total. The molecule has 1 aliphatic rings. The number of hydrogen-bond acceptors (Lipinski definition) is 4. The first-order valence-corrected chi connectivity index (χ1v) is 4.92. The number of benzene rings is 1. The van der Waals surface area contributed by atoms with E-state index in [-0.39, 0.29) is 5.56 Å². The van der Waals surface area contributed by atoms with Crippen LogP contribution in [-0.2, 0) is 24.7 Å². The number of ether oxygens (including phenoxy) is 2. The number of carbonyl (C=O) groups is 2. The first kappa shape index (κ1) is 8.06. The predicted octanol–water partition coefficient (Wildman–Crippen LogP) is 1.56. The molecule has 1 aromatic carbocycles. The second-order valence-electron chi connectivity index (χ2n) is 3.54. The van der Waals surface area contributed by atoms with E-state index in [2.05, 4.69) is 4.74 Å². The zero-order chi connectivity index (χ0) is 15.0. The average Bonchev–Trinajstić information content (AvgIpc) is 2.77. The van der Waals surface area contributed by atoms with Crippen LogP contribution >= 0.6 is 0 Å². The smallest absolute Gasteiger partial charge is 0.346 e. The molecule has 2 rings (SSSR count). The molecule has 0 spiro atoms. The number of cyclic esters (lactones) is 1. The Bertz CT molecular complexity index is 577. The normalized spacial score (nSPS) is 26.3. The third-order valence-corrected chi connectivity index (χ3v) is 2.43. The number of esters is 2. The Labute approximate surface area is 103 Å². The first-order valence-electron chi connectivity index (χ1n) is 6.42. The zero-order valence-corrected chi connectivity index (χ0v) is 9.10. The van der Waals surface area contributed by atoms with Crippen LogP contribution in [0.15, 0.2) is 42.0 Å². The molecule has 4 nitrogen and oxygen atoms in total. The Kier molecular flexibility index (Phi) is 1.92. The summed E-state index contributed by atoms with van der Waals surface area (Å²) in [5.41, 5.74) is -2.10. The van der Waals surface area contributed by atoms with Gasteiger partial charge in [-0.05, 0) is 18.5 Å². The average molecular weight is 235 g/mol. The molecule has 17 heavy (non-hydrogen) atoms. The standard InChI is InChI=1S/C13H12O4/c1-13(9-6-4-3-5-7-9)8-10(11(14)16-2)12(15)17-13/h3-8H,1-2H3/i1D3. The highest BCUT2D eigenvalue weighted by molar-refractivity contribution is 6.15. The van der Waals surface area contributed by atoms with Gasteiger partial charge in [-0.2, -0.15) is 0 Å². The summed E-state index contributed by atoms with van der Waals surface area (Å²) in [6.45, 7) is -2.65. The fraction of sp³-hybridized carbons (Fsp3) is 0.231. The number of hydrogen-bond donors (Lipinski definition) is 0. The van der Waals surface area contributed by atoms with Gasteiger partial charge in [0.15, 0.2) is 5.60 Å². The maximum Gasteiger partial charge on any atom is 0.346 e. The van der Waals surface area contributed by atoms with E-state index >= 15 is 0 Å². The number of carbonyl (C=O) groups excluding carboxylic acids is 2. The van der Waals surface area contributed by atoms with Gasteiger partial charge in [0.05, 0.1) is 7.11 Å². The molecule has 0 bridgehead atoms. The Morgan fingerprint density at radius 3 is 2.71 bits per heavy atom. The molecule has 0 saturated carbocycles. The quantitative estimate of drug-likeness (QED) is 0.576. The molecular weight excluding hydrogens is 220 g/mol. The lowest BCUT2D eigenvalue weighted by atomic mass is 9.95. The molecule has 4 heteroatoms. The van der Waals surface area contributed by atoms with Crippen molar-refractivity contribution in [2.45, 2.75) is 12.5 Å². The van der Waals surface area contributed by atoms with Crippen LogP contribution in [0.2, 0.25) is 0 Å². The van der Waals surface area contributed by atoms with Crippen molar-refractivity contribution in [1.29, 1.82) is 0 Å². The highest BCUT2D eigenvalue weighted by atomic mass is 16.6. The van der Waals surface area contributed by atoms with Crippen LogP contribution in [0.1, 0.15) is 16.5 Å². The van der Waals surface area contributed by atoms with Crippen LogP contribution in [0.4, 0.5) is 0 Å². The molecule has 0 aliphatic carbocycles.